The highest BCUT2D eigenvalue weighted by molar-refractivity contribution is 7.19. The number of nitrogens with one attached hydrogen (secondary N) is 1. The predicted octanol–water partition coefficient (Wildman–Crippen LogP) is 5.44. The smallest absolute Gasteiger partial charge is 0.248 e. The van der Waals surface area contributed by atoms with Crippen LogP contribution in [0.25, 0.3) is 16.3 Å². The first-order valence-electron chi connectivity index (χ1n) is 8.70. The highest BCUT2D eigenvalue weighted by Gasteiger charge is 2.05. The number of ether oxygens (including phenoxy) is 1. The monoisotopic (exact) mass is 387 g/mol. The van der Waals surface area contributed by atoms with Crippen molar-refractivity contribution in [1.82, 2.24) is 9.97 Å². The Hall–Kier alpha value is -3.51. The zero-order valence-corrected chi connectivity index (χ0v) is 15.9. The van der Waals surface area contributed by atoms with E-state index in [9.17, 15) is 4.79 Å². The van der Waals surface area contributed by atoms with E-state index in [-0.39, 0.29) is 5.91 Å². The Morgan fingerprint density at radius 3 is 2.82 bits per heavy atom. The average molecular weight is 387 g/mol. The first kappa shape index (κ1) is 17.9. The minimum absolute atomic E-state index is 0.209. The largest absolute Gasteiger partial charge is 0.455 e. The lowest BCUT2D eigenvalue weighted by molar-refractivity contribution is -0.111. The Balaban J connectivity index is 1.42. The average Bonchev–Trinajstić information content (AvgIpc) is 3.12. The van der Waals surface area contributed by atoms with Crippen molar-refractivity contribution in [2.24, 2.45) is 0 Å². The third kappa shape index (κ3) is 4.24. The fourth-order valence-electron chi connectivity index (χ4n) is 2.67. The molecular formula is C22H17N3O2S. The van der Waals surface area contributed by atoms with Crippen molar-refractivity contribution in [3.05, 3.63) is 83.6 Å². The number of carbonyl (C=O) groups is 1. The first-order chi connectivity index (χ1) is 13.7. The number of aryl methyl sites for hydroxylation is 1. The number of benzene rings is 2. The number of pyridine rings is 1. The van der Waals surface area contributed by atoms with Crippen LogP contribution in [0.1, 0.15) is 10.6 Å². The summed E-state index contributed by atoms with van der Waals surface area (Å²) in [6.07, 6.45) is 6.57. The second-order valence-corrected chi connectivity index (χ2v) is 7.18. The number of hydrogen-bond acceptors (Lipinski definition) is 5. The van der Waals surface area contributed by atoms with Crippen molar-refractivity contribution in [3.8, 4) is 11.5 Å². The van der Waals surface area contributed by atoms with Gasteiger partial charge in [-0.3, -0.25) is 9.78 Å². The van der Waals surface area contributed by atoms with Crippen molar-refractivity contribution >= 4 is 39.2 Å². The van der Waals surface area contributed by atoms with Gasteiger partial charge in [0.2, 0.25) is 5.91 Å². The van der Waals surface area contributed by atoms with Gasteiger partial charge in [0.15, 0.2) is 0 Å². The molecule has 5 nitrogen and oxygen atoms in total. The maximum Gasteiger partial charge on any atom is 0.248 e. The number of aromatic nitrogens is 2. The van der Waals surface area contributed by atoms with E-state index < -0.39 is 0 Å². The number of nitrogens with zero attached hydrogens (tertiary/aromatic N) is 2. The van der Waals surface area contributed by atoms with E-state index in [1.165, 1.54) is 6.08 Å². The number of amides is 1. The second kappa shape index (κ2) is 8.02. The number of fused-ring (bicyclic) bond motifs is 1. The van der Waals surface area contributed by atoms with Crippen molar-refractivity contribution in [2.75, 3.05) is 5.32 Å². The van der Waals surface area contributed by atoms with Crippen molar-refractivity contribution in [2.45, 2.75) is 6.92 Å². The summed E-state index contributed by atoms with van der Waals surface area (Å²) in [4.78, 5) is 20.7. The Labute approximate surface area is 166 Å². The van der Waals surface area contributed by atoms with Crippen LogP contribution in [-0.4, -0.2) is 15.9 Å². The summed E-state index contributed by atoms with van der Waals surface area (Å²) in [6.45, 7) is 1.93. The molecule has 4 rings (SSSR count). The minimum atomic E-state index is -0.209. The molecule has 2 aromatic carbocycles. The normalized spacial score (nSPS) is 11.0. The van der Waals surface area contributed by atoms with Crippen molar-refractivity contribution in [1.29, 1.82) is 0 Å². The molecule has 0 spiro atoms. The minimum Gasteiger partial charge on any atom is -0.455 e. The van der Waals surface area contributed by atoms with E-state index in [1.54, 1.807) is 29.8 Å². The number of rotatable bonds is 5. The lowest BCUT2D eigenvalue weighted by Gasteiger charge is -2.10. The molecule has 0 unspecified atom stereocenters. The first-order valence-corrected chi connectivity index (χ1v) is 9.52. The molecule has 138 valence electrons. The number of thiazole rings is 1. The highest BCUT2D eigenvalue weighted by atomic mass is 32.1. The van der Waals surface area contributed by atoms with E-state index >= 15 is 0 Å². The topological polar surface area (TPSA) is 64.1 Å². The van der Waals surface area contributed by atoms with Gasteiger partial charge in [-0.1, -0.05) is 12.1 Å². The zero-order chi connectivity index (χ0) is 19.3. The lowest BCUT2D eigenvalue weighted by atomic mass is 10.2. The summed E-state index contributed by atoms with van der Waals surface area (Å²) < 4.78 is 6.91. The van der Waals surface area contributed by atoms with Crippen LogP contribution < -0.4 is 10.1 Å². The SMILES string of the molecule is Cc1cc(NC(=O)C=Cc2nc3ccccc3s2)ccc1Oc1cccnc1. The molecular weight excluding hydrogens is 370 g/mol. The van der Waals surface area contributed by atoms with Gasteiger partial charge in [0.1, 0.15) is 16.5 Å². The van der Waals surface area contributed by atoms with Crippen LogP contribution in [0.2, 0.25) is 0 Å². The molecule has 4 aromatic rings. The Morgan fingerprint density at radius 1 is 1.14 bits per heavy atom. The number of anilines is 1. The van der Waals surface area contributed by atoms with Gasteiger partial charge < -0.3 is 10.1 Å². The van der Waals surface area contributed by atoms with Gasteiger partial charge in [-0.2, -0.15) is 0 Å². The molecule has 0 atom stereocenters. The molecule has 0 aliphatic heterocycles. The van der Waals surface area contributed by atoms with Crippen molar-refractivity contribution in [3.63, 3.8) is 0 Å². The zero-order valence-electron chi connectivity index (χ0n) is 15.1. The third-order valence-corrected chi connectivity index (χ3v) is 4.99. The molecule has 0 bridgehead atoms. The highest BCUT2D eigenvalue weighted by Crippen LogP contribution is 2.27. The van der Waals surface area contributed by atoms with Crippen molar-refractivity contribution < 1.29 is 9.53 Å². The molecule has 0 radical (unpaired) electrons. The van der Waals surface area contributed by atoms with Crippen LogP contribution >= 0.6 is 11.3 Å². The molecule has 0 saturated carbocycles. The third-order valence-electron chi connectivity index (χ3n) is 3.99. The number of carbonyl (C=O) groups excluding carboxylic acids is 1. The molecule has 6 heteroatoms. The Morgan fingerprint density at radius 2 is 2.04 bits per heavy atom. The summed E-state index contributed by atoms with van der Waals surface area (Å²) in [7, 11) is 0. The molecule has 0 fully saturated rings. The van der Waals surface area contributed by atoms with Crippen LogP contribution in [-0.2, 0) is 4.79 Å². The van der Waals surface area contributed by atoms with Gasteiger partial charge in [-0.05, 0) is 61.0 Å². The van der Waals surface area contributed by atoms with Crippen LogP contribution in [0.15, 0.2) is 73.1 Å². The molecule has 1 amide bonds. The summed E-state index contributed by atoms with van der Waals surface area (Å²) in [6, 6.07) is 17.1. The van der Waals surface area contributed by atoms with E-state index in [4.69, 9.17) is 4.74 Å². The Kier molecular flexibility index (Phi) is 5.12. The van der Waals surface area contributed by atoms with Gasteiger partial charge in [-0.25, -0.2) is 4.98 Å². The summed E-state index contributed by atoms with van der Waals surface area (Å²) in [5, 5.41) is 3.66. The molecule has 0 aliphatic carbocycles. The van der Waals surface area contributed by atoms with E-state index in [1.807, 2.05) is 61.5 Å². The van der Waals surface area contributed by atoms with E-state index in [2.05, 4.69) is 15.3 Å². The summed E-state index contributed by atoms with van der Waals surface area (Å²) >= 11 is 1.55. The molecule has 1 N–H and O–H groups in total. The second-order valence-electron chi connectivity index (χ2n) is 6.11. The molecule has 28 heavy (non-hydrogen) atoms. The molecule has 0 saturated heterocycles. The number of hydrogen-bond donors (Lipinski definition) is 1. The van der Waals surface area contributed by atoms with Gasteiger partial charge >= 0.3 is 0 Å². The van der Waals surface area contributed by atoms with Crippen LogP contribution in [0.5, 0.6) is 11.5 Å². The van der Waals surface area contributed by atoms with E-state index in [0.717, 1.165) is 26.5 Å². The van der Waals surface area contributed by atoms with Crippen LogP contribution in [0.4, 0.5) is 5.69 Å². The molecule has 0 aliphatic rings. The maximum absolute atomic E-state index is 12.2. The van der Waals surface area contributed by atoms with Gasteiger partial charge in [0.05, 0.1) is 16.4 Å². The molecule has 2 heterocycles. The van der Waals surface area contributed by atoms with Gasteiger partial charge in [0, 0.05) is 18.0 Å². The van der Waals surface area contributed by atoms with Gasteiger partial charge in [-0.15, -0.1) is 11.3 Å². The fraction of sp³-hybridized carbons (Fsp3) is 0.0455. The number of para-hydroxylation sites is 1. The predicted molar refractivity (Wildman–Crippen MR) is 113 cm³/mol. The lowest BCUT2D eigenvalue weighted by Crippen LogP contribution is -2.07. The standard InChI is InChI=1S/C22H17N3O2S/c1-15-13-16(8-9-19(15)27-17-5-4-12-23-14-17)24-21(26)10-11-22-25-18-6-2-3-7-20(18)28-22/h2-14H,1H3,(H,24,26). The van der Waals surface area contributed by atoms with Crippen LogP contribution in [0.3, 0.4) is 0 Å². The fourth-order valence-corrected chi connectivity index (χ4v) is 3.54. The maximum atomic E-state index is 12.2. The van der Waals surface area contributed by atoms with Crippen LogP contribution in [0, 0.1) is 6.92 Å². The Bertz CT molecular complexity index is 1120. The van der Waals surface area contributed by atoms with E-state index in [0.29, 0.717) is 11.4 Å². The quantitative estimate of drug-likeness (QED) is 0.463. The summed E-state index contributed by atoms with van der Waals surface area (Å²) in [5.74, 6) is 1.18. The summed E-state index contributed by atoms with van der Waals surface area (Å²) in [5.41, 5.74) is 2.55. The van der Waals surface area contributed by atoms with Gasteiger partial charge in [0.25, 0.3) is 0 Å². The molecule has 2 aromatic heterocycles.